The predicted molar refractivity (Wildman–Crippen MR) is 74.4 cm³/mol. The molecule has 100 valence electrons. The second kappa shape index (κ2) is 6.50. The summed E-state index contributed by atoms with van der Waals surface area (Å²) in [6, 6.07) is 5.02. The predicted octanol–water partition coefficient (Wildman–Crippen LogP) is 2.67. The fourth-order valence-corrected chi connectivity index (χ4v) is 1.62. The maximum Gasteiger partial charge on any atom is 0.242 e. The van der Waals surface area contributed by atoms with E-state index in [0.717, 1.165) is 0 Å². The third-order valence-electron chi connectivity index (χ3n) is 2.37. The van der Waals surface area contributed by atoms with E-state index >= 15 is 0 Å². The summed E-state index contributed by atoms with van der Waals surface area (Å²) in [6.07, 6.45) is 0. The van der Waals surface area contributed by atoms with Gasteiger partial charge in [0.25, 0.3) is 0 Å². The molecule has 0 aromatic heterocycles. The topological polar surface area (TPSA) is 50.4 Å². The van der Waals surface area contributed by atoms with Crippen LogP contribution in [0.4, 0.5) is 5.69 Å². The van der Waals surface area contributed by atoms with Gasteiger partial charge in [-0.15, -0.1) is 0 Å². The van der Waals surface area contributed by atoms with Crippen LogP contribution in [-0.2, 0) is 4.79 Å². The van der Waals surface area contributed by atoms with Crippen molar-refractivity contribution < 1.29 is 9.53 Å². The van der Waals surface area contributed by atoms with Crippen molar-refractivity contribution in [2.24, 2.45) is 0 Å². The Kier molecular flexibility index (Phi) is 5.28. The Morgan fingerprint density at radius 2 is 2.00 bits per heavy atom. The van der Waals surface area contributed by atoms with Crippen LogP contribution in [0, 0.1) is 0 Å². The van der Waals surface area contributed by atoms with Crippen LogP contribution in [0.5, 0.6) is 5.75 Å². The number of halogens is 1. The minimum absolute atomic E-state index is 0.0658. The van der Waals surface area contributed by atoms with E-state index < -0.39 is 0 Å². The smallest absolute Gasteiger partial charge is 0.242 e. The number of methoxy groups -OCH3 is 1. The molecule has 0 radical (unpaired) electrons. The molecular weight excluding hydrogens is 252 g/mol. The fraction of sp³-hybridized carbons (Fsp3) is 0.462. The summed E-state index contributed by atoms with van der Waals surface area (Å²) in [5, 5.41) is 6.46. The molecule has 0 bridgehead atoms. The molecule has 0 aliphatic carbocycles. The van der Waals surface area contributed by atoms with Gasteiger partial charge in [-0.05, 0) is 32.9 Å². The van der Waals surface area contributed by atoms with E-state index in [1.54, 1.807) is 32.2 Å². The number of amides is 1. The van der Waals surface area contributed by atoms with Gasteiger partial charge in [-0.3, -0.25) is 4.79 Å². The van der Waals surface area contributed by atoms with Crippen molar-refractivity contribution in [3.8, 4) is 5.75 Å². The lowest BCUT2D eigenvalue weighted by molar-refractivity contribution is -0.122. The Hall–Kier alpha value is -1.42. The molecule has 0 spiro atoms. The number of ether oxygens (including phenoxy) is 1. The van der Waals surface area contributed by atoms with Gasteiger partial charge in [-0.25, -0.2) is 0 Å². The van der Waals surface area contributed by atoms with E-state index in [2.05, 4.69) is 10.6 Å². The molecule has 0 aliphatic heterocycles. The van der Waals surface area contributed by atoms with Crippen molar-refractivity contribution in [1.29, 1.82) is 0 Å². The molecule has 0 saturated carbocycles. The highest BCUT2D eigenvalue weighted by atomic mass is 35.5. The minimum Gasteiger partial charge on any atom is -0.497 e. The fourth-order valence-electron chi connectivity index (χ4n) is 1.45. The highest BCUT2D eigenvalue weighted by Gasteiger charge is 2.14. The molecule has 1 aromatic carbocycles. The summed E-state index contributed by atoms with van der Waals surface area (Å²) >= 11 is 6.06. The van der Waals surface area contributed by atoms with Gasteiger partial charge in [0, 0.05) is 12.1 Å². The Bertz CT molecular complexity index is 421. The Balaban J connectivity index is 2.74. The molecule has 5 heteroatoms. The normalized spacial score (nSPS) is 12.1. The summed E-state index contributed by atoms with van der Waals surface area (Å²) in [5.41, 5.74) is 0.683. The molecule has 0 aliphatic rings. The summed E-state index contributed by atoms with van der Waals surface area (Å²) in [7, 11) is 1.59. The van der Waals surface area contributed by atoms with Gasteiger partial charge in [-0.1, -0.05) is 11.6 Å². The molecule has 18 heavy (non-hydrogen) atoms. The monoisotopic (exact) mass is 270 g/mol. The number of carbonyl (C=O) groups excluding carboxylic acids is 1. The molecule has 4 nitrogen and oxygen atoms in total. The van der Waals surface area contributed by atoms with Crippen LogP contribution in [0.15, 0.2) is 18.2 Å². The van der Waals surface area contributed by atoms with E-state index in [9.17, 15) is 4.79 Å². The number of carbonyl (C=O) groups is 1. The molecule has 1 amide bonds. The number of hydrogen-bond acceptors (Lipinski definition) is 3. The lowest BCUT2D eigenvalue weighted by atomic mass is 10.2. The lowest BCUT2D eigenvalue weighted by Gasteiger charge is -2.18. The third-order valence-corrected chi connectivity index (χ3v) is 2.70. The van der Waals surface area contributed by atoms with Crippen LogP contribution in [0.25, 0.3) is 0 Å². The number of nitrogens with one attached hydrogen (secondary N) is 2. The first-order valence-corrected chi connectivity index (χ1v) is 6.22. The summed E-state index contributed by atoms with van der Waals surface area (Å²) in [4.78, 5) is 11.8. The van der Waals surface area contributed by atoms with Gasteiger partial charge >= 0.3 is 0 Å². The van der Waals surface area contributed by atoms with Gasteiger partial charge in [0.15, 0.2) is 0 Å². The van der Waals surface area contributed by atoms with E-state index in [-0.39, 0.29) is 18.0 Å². The number of anilines is 1. The quantitative estimate of drug-likeness (QED) is 0.865. The van der Waals surface area contributed by atoms with Crippen molar-refractivity contribution in [1.82, 2.24) is 5.32 Å². The lowest BCUT2D eigenvalue weighted by Crippen LogP contribution is -2.41. The average Bonchev–Trinajstić information content (AvgIpc) is 2.31. The van der Waals surface area contributed by atoms with E-state index in [1.807, 2.05) is 13.8 Å². The Labute approximate surface area is 113 Å². The molecule has 0 fully saturated rings. The van der Waals surface area contributed by atoms with Crippen LogP contribution in [0.2, 0.25) is 5.02 Å². The first-order valence-electron chi connectivity index (χ1n) is 5.84. The Morgan fingerprint density at radius 1 is 1.33 bits per heavy atom. The van der Waals surface area contributed by atoms with Crippen LogP contribution in [0.1, 0.15) is 20.8 Å². The van der Waals surface area contributed by atoms with Crippen molar-refractivity contribution in [2.45, 2.75) is 32.9 Å². The summed E-state index contributed by atoms with van der Waals surface area (Å²) < 4.78 is 5.12. The minimum atomic E-state index is -0.364. The molecule has 1 unspecified atom stereocenters. The maximum absolute atomic E-state index is 11.8. The van der Waals surface area contributed by atoms with Gasteiger partial charge < -0.3 is 15.4 Å². The van der Waals surface area contributed by atoms with Crippen LogP contribution in [0.3, 0.4) is 0 Å². The molecule has 0 saturated heterocycles. The van der Waals surface area contributed by atoms with Gasteiger partial charge in [0.1, 0.15) is 11.8 Å². The number of rotatable bonds is 5. The van der Waals surface area contributed by atoms with E-state index in [1.165, 1.54) is 0 Å². The zero-order valence-corrected chi connectivity index (χ0v) is 11.8. The van der Waals surface area contributed by atoms with Crippen LogP contribution < -0.4 is 15.4 Å². The summed E-state index contributed by atoms with van der Waals surface area (Å²) in [6.45, 7) is 5.62. The average molecular weight is 271 g/mol. The van der Waals surface area contributed by atoms with Gasteiger partial charge in [0.2, 0.25) is 5.91 Å². The zero-order chi connectivity index (χ0) is 13.7. The molecule has 1 rings (SSSR count). The molecule has 0 heterocycles. The van der Waals surface area contributed by atoms with Gasteiger partial charge in [-0.2, -0.15) is 0 Å². The van der Waals surface area contributed by atoms with Crippen LogP contribution >= 0.6 is 11.6 Å². The second-order valence-corrected chi connectivity index (χ2v) is 4.78. The zero-order valence-electron chi connectivity index (χ0n) is 11.1. The van der Waals surface area contributed by atoms with Crippen LogP contribution in [-0.4, -0.2) is 25.1 Å². The van der Waals surface area contributed by atoms with Gasteiger partial charge in [0.05, 0.1) is 17.8 Å². The van der Waals surface area contributed by atoms with E-state index in [0.29, 0.717) is 16.5 Å². The number of hydrogen-bond donors (Lipinski definition) is 2. The van der Waals surface area contributed by atoms with Crippen molar-refractivity contribution in [3.05, 3.63) is 23.2 Å². The SMILES string of the molecule is COc1ccc(Cl)c(NC(C)C(=O)NC(C)C)c1. The maximum atomic E-state index is 11.8. The standard InChI is InChI=1S/C13H19ClN2O2/c1-8(2)15-13(17)9(3)16-12-7-10(18-4)5-6-11(12)14/h5-9,16H,1-4H3,(H,15,17). The van der Waals surface area contributed by atoms with E-state index in [4.69, 9.17) is 16.3 Å². The van der Waals surface area contributed by atoms with Crippen molar-refractivity contribution in [2.75, 3.05) is 12.4 Å². The molecule has 1 atom stereocenters. The molecule has 2 N–H and O–H groups in total. The third kappa shape index (κ3) is 4.11. The largest absolute Gasteiger partial charge is 0.497 e. The highest BCUT2D eigenvalue weighted by Crippen LogP contribution is 2.27. The highest BCUT2D eigenvalue weighted by molar-refractivity contribution is 6.33. The molecular formula is C13H19ClN2O2. The van der Waals surface area contributed by atoms with Crippen molar-refractivity contribution in [3.63, 3.8) is 0 Å². The summed E-state index contributed by atoms with van der Waals surface area (Å²) in [5.74, 6) is 0.627. The first-order chi connectivity index (χ1) is 8.43. The number of benzene rings is 1. The molecule has 1 aromatic rings. The Morgan fingerprint density at radius 3 is 2.56 bits per heavy atom. The second-order valence-electron chi connectivity index (χ2n) is 4.38. The van der Waals surface area contributed by atoms with Crippen molar-refractivity contribution >= 4 is 23.2 Å². The first kappa shape index (κ1) is 14.6.